The van der Waals surface area contributed by atoms with E-state index in [0.717, 1.165) is 61.2 Å². The van der Waals surface area contributed by atoms with Crippen molar-refractivity contribution in [2.75, 3.05) is 39.5 Å². The molecule has 3 heterocycles. The van der Waals surface area contributed by atoms with E-state index in [9.17, 15) is 4.79 Å². The van der Waals surface area contributed by atoms with Crippen LogP contribution in [0.3, 0.4) is 0 Å². The van der Waals surface area contributed by atoms with Gasteiger partial charge in [-0.05, 0) is 58.4 Å². The summed E-state index contributed by atoms with van der Waals surface area (Å²) in [4.78, 5) is 17.7. The van der Waals surface area contributed by atoms with Crippen molar-refractivity contribution in [2.24, 2.45) is 0 Å². The highest BCUT2D eigenvalue weighted by Gasteiger charge is 2.25. The quantitative estimate of drug-likeness (QED) is 0.704. The minimum absolute atomic E-state index is 0.0208. The first kappa shape index (κ1) is 20.9. The Bertz CT molecular complexity index is 934. The maximum absolute atomic E-state index is 13.0. The summed E-state index contributed by atoms with van der Waals surface area (Å²) in [5, 5.41) is 0. The van der Waals surface area contributed by atoms with Gasteiger partial charge in [0.05, 0.1) is 6.54 Å². The Balaban J connectivity index is 1.32. The lowest BCUT2D eigenvalue weighted by Gasteiger charge is -2.34. The molecule has 1 fully saturated rings. The van der Waals surface area contributed by atoms with Crippen LogP contribution >= 0.6 is 0 Å². The number of ketones is 1. The highest BCUT2D eigenvalue weighted by Crippen LogP contribution is 2.33. The molecular weight excluding hydrogens is 378 g/mol. The molecule has 1 aromatic carbocycles. The summed E-state index contributed by atoms with van der Waals surface area (Å²) in [5.74, 6) is 1.89. The third-order valence-corrected chi connectivity index (χ3v) is 6.08. The minimum atomic E-state index is -0.0208. The van der Waals surface area contributed by atoms with Crippen LogP contribution < -0.4 is 9.47 Å². The van der Waals surface area contributed by atoms with Crippen LogP contribution in [0, 0.1) is 13.8 Å². The average Bonchev–Trinajstić information content (AvgIpc) is 3.26. The number of piperazine rings is 1. The Morgan fingerprint density at radius 3 is 2.30 bits per heavy atom. The second kappa shape index (κ2) is 8.08. The average molecular weight is 412 g/mol. The van der Waals surface area contributed by atoms with Crippen LogP contribution in [0.2, 0.25) is 0 Å². The monoisotopic (exact) mass is 411 g/mol. The third kappa shape index (κ3) is 4.25. The van der Waals surface area contributed by atoms with E-state index in [0.29, 0.717) is 13.3 Å². The molecule has 2 aliphatic rings. The number of fused-ring (bicyclic) bond motifs is 1. The molecule has 0 aliphatic carbocycles. The summed E-state index contributed by atoms with van der Waals surface area (Å²) >= 11 is 0. The Labute approximate surface area is 179 Å². The number of rotatable bonds is 5. The van der Waals surface area contributed by atoms with Gasteiger partial charge in [0.25, 0.3) is 0 Å². The van der Waals surface area contributed by atoms with Crippen LogP contribution in [-0.4, -0.2) is 59.7 Å². The van der Waals surface area contributed by atoms with Gasteiger partial charge in [0.15, 0.2) is 17.3 Å². The molecule has 2 aromatic rings. The third-order valence-electron chi connectivity index (χ3n) is 6.08. The van der Waals surface area contributed by atoms with Crippen molar-refractivity contribution in [3.63, 3.8) is 0 Å². The molecule has 0 N–H and O–H groups in total. The molecular formula is C24H33N3O3. The Hall–Kier alpha value is -2.31. The SMILES string of the molecule is Cc1cc(C(=O)CN2CCN(Cc3ccc4c(c3)OCO4)CC2)c(C)n1C(C)(C)C. The van der Waals surface area contributed by atoms with Crippen LogP contribution in [0.4, 0.5) is 0 Å². The van der Waals surface area contributed by atoms with Crippen LogP contribution in [0.5, 0.6) is 11.5 Å². The van der Waals surface area contributed by atoms with Crippen molar-refractivity contribution in [3.05, 3.63) is 46.8 Å². The van der Waals surface area contributed by atoms with E-state index in [-0.39, 0.29) is 11.3 Å². The van der Waals surface area contributed by atoms with Crippen molar-refractivity contribution in [1.82, 2.24) is 14.4 Å². The van der Waals surface area contributed by atoms with E-state index in [1.54, 1.807) is 0 Å². The molecule has 0 bridgehead atoms. The lowest BCUT2D eigenvalue weighted by molar-refractivity contribution is 0.0843. The van der Waals surface area contributed by atoms with Gasteiger partial charge in [-0.1, -0.05) is 6.07 Å². The maximum Gasteiger partial charge on any atom is 0.231 e. The lowest BCUT2D eigenvalue weighted by atomic mass is 10.1. The zero-order chi connectivity index (χ0) is 21.5. The summed E-state index contributed by atoms with van der Waals surface area (Å²) in [6, 6.07) is 8.22. The molecule has 6 nitrogen and oxygen atoms in total. The number of hydrogen-bond donors (Lipinski definition) is 0. The predicted molar refractivity (Wildman–Crippen MR) is 118 cm³/mol. The van der Waals surface area contributed by atoms with Gasteiger partial charge in [-0.3, -0.25) is 14.6 Å². The molecule has 162 valence electrons. The van der Waals surface area contributed by atoms with Crippen LogP contribution in [0.1, 0.15) is 48.1 Å². The van der Waals surface area contributed by atoms with Crippen LogP contribution in [0.25, 0.3) is 0 Å². The van der Waals surface area contributed by atoms with E-state index in [1.165, 1.54) is 5.56 Å². The molecule has 30 heavy (non-hydrogen) atoms. The second-order valence-corrected chi connectivity index (χ2v) is 9.45. The van der Waals surface area contributed by atoms with Gasteiger partial charge < -0.3 is 14.0 Å². The van der Waals surface area contributed by atoms with Crippen molar-refractivity contribution >= 4 is 5.78 Å². The van der Waals surface area contributed by atoms with E-state index < -0.39 is 0 Å². The highest BCUT2D eigenvalue weighted by atomic mass is 16.7. The number of aromatic nitrogens is 1. The van der Waals surface area contributed by atoms with Crippen molar-refractivity contribution in [1.29, 1.82) is 0 Å². The fourth-order valence-electron chi connectivity index (χ4n) is 4.77. The molecule has 0 spiro atoms. The zero-order valence-corrected chi connectivity index (χ0v) is 18.8. The Kier molecular flexibility index (Phi) is 5.64. The van der Waals surface area contributed by atoms with Crippen molar-refractivity contribution < 1.29 is 14.3 Å². The number of carbonyl (C=O) groups is 1. The molecule has 6 heteroatoms. The number of benzene rings is 1. The topological polar surface area (TPSA) is 46.9 Å². The fourth-order valence-corrected chi connectivity index (χ4v) is 4.77. The molecule has 2 aliphatic heterocycles. The number of nitrogens with zero attached hydrogens (tertiary/aromatic N) is 3. The van der Waals surface area contributed by atoms with Crippen molar-refractivity contribution in [2.45, 2.75) is 46.7 Å². The summed E-state index contributed by atoms with van der Waals surface area (Å²) in [6.07, 6.45) is 0. The fraction of sp³-hybridized carbons (Fsp3) is 0.542. The predicted octanol–water partition coefficient (Wildman–Crippen LogP) is 3.59. The zero-order valence-electron chi connectivity index (χ0n) is 18.8. The molecule has 0 saturated carbocycles. The molecule has 1 saturated heterocycles. The first-order valence-corrected chi connectivity index (χ1v) is 10.8. The van der Waals surface area contributed by atoms with Gasteiger partial charge in [0.1, 0.15) is 0 Å². The molecule has 0 radical (unpaired) electrons. The highest BCUT2D eigenvalue weighted by molar-refractivity contribution is 5.99. The van der Waals surface area contributed by atoms with Crippen LogP contribution in [0.15, 0.2) is 24.3 Å². The summed E-state index contributed by atoms with van der Waals surface area (Å²) in [6.45, 7) is 16.1. The maximum atomic E-state index is 13.0. The number of Topliss-reactive ketones (excluding diaryl/α,β-unsaturated/α-hetero) is 1. The lowest BCUT2D eigenvalue weighted by Crippen LogP contribution is -2.47. The number of hydrogen-bond acceptors (Lipinski definition) is 5. The number of aryl methyl sites for hydroxylation is 1. The number of carbonyl (C=O) groups excluding carboxylic acids is 1. The first-order valence-electron chi connectivity index (χ1n) is 10.8. The van der Waals surface area contributed by atoms with Gasteiger partial charge in [-0.15, -0.1) is 0 Å². The van der Waals surface area contributed by atoms with E-state index >= 15 is 0 Å². The second-order valence-electron chi connectivity index (χ2n) is 9.45. The van der Waals surface area contributed by atoms with Crippen molar-refractivity contribution in [3.8, 4) is 11.5 Å². The largest absolute Gasteiger partial charge is 0.454 e. The van der Waals surface area contributed by atoms with Gasteiger partial charge in [-0.2, -0.15) is 0 Å². The van der Waals surface area contributed by atoms with Gasteiger partial charge >= 0.3 is 0 Å². The summed E-state index contributed by atoms with van der Waals surface area (Å²) < 4.78 is 13.1. The van der Waals surface area contributed by atoms with Gasteiger partial charge in [-0.25, -0.2) is 0 Å². The Morgan fingerprint density at radius 2 is 1.63 bits per heavy atom. The Morgan fingerprint density at radius 1 is 0.967 bits per heavy atom. The molecule has 0 unspecified atom stereocenters. The standard InChI is InChI=1S/C24H33N3O3/c1-17-12-20(18(2)27(17)24(3,4)5)21(28)15-26-10-8-25(9-11-26)14-19-6-7-22-23(13-19)30-16-29-22/h6-7,12-13H,8-11,14-16H2,1-5H3. The molecule has 0 amide bonds. The molecule has 4 rings (SSSR count). The van der Waals surface area contributed by atoms with E-state index in [1.807, 2.05) is 6.07 Å². The number of ether oxygens (including phenoxy) is 2. The minimum Gasteiger partial charge on any atom is -0.454 e. The smallest absolute Gasteiger partial charge is 0.231 e. The van der Waals surface area contributed by atoms with Crippen LogP contribution in [-0.2, 0) is 12.1 Å². The molecule has 0 atom stereocenters. The first-order chi connectivity index (χ1) is 14.2. The van der Waals surface area contributed by atoms with E-state index in [4.69, 9.17) is 9.47 Å². The summed E-state index contributed by atoms with van der Waals surface area (Å²) in [5.41, 5.74) is 4.31. The van der Waals surface area contributed by atoms with E-state index in [2.05, 4.69) is 67.2 Å². The summed E-state index contributed by atoms with van der Waals surface area (Å²) in [7, 11) is 0. The normalized spacial score (nSPS) is 17.5. The van der Waals surface area contributed by atoms with Gasteiger partial charge in [0.2, 0.25) is 6.79 Å². The van der Waals surface area contributed by atoms with Gasteiger partial charge in [0, 0.05) is 55.2 Å². The molecule has 1 aromatic heterocycles.